The van der Waals surface area contributed by atoms with Crippen LogP contribution >= 0.6 is 0 Å². The lowest BCUT2D eigenvalue weighted by Gasteiger charge is -2.41. The van der Waals surface area contributed by atoms with Gasteiger partial charge in [-0.3, -0.25) is 10.1 Å². The van der Waals surface area contributed by atoms with Crippen molar-refractivity contribution in [3.05, 3.63) is 33.9 Å². The van der Waals surface area contributed by atoms with Crippen LogP contribution in [0, 0.1) is 10.1 Å². The Kier molecular flexibility index (Phi) is 5.28. The van der Waals surface area contributed by atoms with Crippen molar-refractivity contribution in [2.75, 3.05) is 20.2 Å². The molecule has 0 aliphatic carbocycles. The highest BCUT2D eigenvalue weighted by atomic mass is 16.6. The Labute approximate surface area is 140 Å². The van der Waals surface area contributed by atoms with E-state index >= 15 is 0 Å². The second-order valence-electron chi connectivity index (χ2n) is 6.48. The van der Waals surface area contributed by atoms with Crippen molar-refractivity contribution >= 4 is 11.7 Å². The van der Waals surface area contributed by atoms with E-state index in [1.807, 2.05) is 20.8 Å². The number of carbonyl (C=O) groups excluding carboxylic acids is 1. The maximum absolute atomic E-state index is 12.4. The predicted molar refractivity (Wildman–Crippen MR) is 88.1 cm³/mol. The van der Waals surface area contributed by atoms with E-state index in [9.17, 15) is 14.9 Å². The van der Waals surface area contributed by atoms with Crippen LogP contribution in [0.4, 0.5) is 10.5 Å². The van der Waals surface area contributed by atoms with Crippen LogP contribution in [0.2, 0.25) is 0 Å². The van der Waals surface area contributed by atoms with Crippen LogP contribution in [0.1, 0.15) is 26.3 Å². The highest BCUT2D eigenvalue weighted by Gasteiger charge is 2.33. The van der Waals surface area contributed by atoms with Crippen LogP contribution < -0.4 is 10.1 Å². The predicted octanol–water partition coefficient (Wildman–Crippen LogP) is 2.31. The number of ether oxygens (including phenoxy) is 2. The third-order valence-electron chi connectivity index (χ3n) is 3.76. The number of nitrogens with zero attached hydrogens (tertiary/aromatic N) is 2. The first-order valence-corrected chi connectivity index (χ1v) is 7.74. The number of urea groups is 1. The van der Waals surface area contributed by atoms with Gasteiger partial charge in [-0.1, -0.05) is 0 Å². The van der Waals surface area contributed by atoms with Gasteiger partial charge >= 0.3 is 6.03 Å². The topological polar surface area (TPSA) is 93.9 Å². The Bertz CT molecular complexity index is 632. The van der Waals surface area contributed by atoms with Crippen LogP contribution in [0.25, 0.3) is 0 Å². The fourth-order valence-electron chi connectivity index (χ4n) is 2.91. The first-order valence-electron chi connectivity index (χ1n) is 7.74. The van der Waals surface area contributed by atoms with E-state index in [1.54, 1.807) is 4.90 Å². The number of rotatable bonds is 4. The number of non-ortho nitro benzene ring substituents is 1. The van der Waals surface area contributed by atoms with E-state index in [4.69, 9.17) is 9.47 Å². The van der Waals surface area contributed by atoms with Gasteiger partial charge < -0.3 is 19.7 Å². The van der Waals surface area contributed by atoms with Crippen molar-refractivity contribution in [2.45, 2.75) is 39.0 Å². The standard InChI is InChI=1S/C16H23N3O5/c1-11-9-18(10-16(2,3)24-11)15(20)17-8-12-7-13(19(21)22)5-6-14(12)23-4/h5-7,11H,8-10H2,1-4H3,(H,17,20)/t11-/m1/s1. The van der Waals surface area contributed by atoms with Crippen molar-refractivity contribution in [1.29, 1.82) is 0 Å². The molecule has 2 rings (SSSR count). The molecule has 8 nitrogen and oxygen atoms in total. The second kappa shape index (κ2) is 7.04. The van der Waals surface area contributed by atoms with E-state index in [2.05, 4.69) is 5.32 Å². The number of hydrogen-bond donors (Lipinski definition) is 1. The summed E-state index contributed by atoms with van der Waals surface area (Å²) in [6, 6.07) is 4.08. The molecule has 0 aromatic heterocycles. The summed E-state index contributed by atoms with van der Waals surface area (Å²) in [6.07, 6.45) is -0.0492. The minimum absolute atomic E-state index is 0.0406. The van der Waals surface area contributed by atoms with E-state index in [0.717, 1.165) is 0 Å². The summed E-state index contributed by atoms with van der Waals surface area (Å²) in [7, 11) is 1.48. The molecule has 1 N–H and O–H groups in total. The van der Waals surface area contributed by atoms with E-state index in [-0.39, 0.29) is 24.4 Å². The minimum Gasteiger partial charge on any atom is -0.496 e. The third-order valence-corrected chi connectivity index (χ3v) is 3.76. The molecule has 1 atom stereocenters. The zero-order chi connectivity index (χ0) is 17.9. The normalized spacial score (nSPS) is 19.7. The first-order chi connectivity index (χ1) is 11.2. The molecule has 1 aromatic rings. The highest BCUT2D eigenvalue weighted by Crippen LogP contribution is 2.24. The molecule has 132 valence electrons. The van der Waals surface area contributed by atoms with Crippen molar-refractivity contribution < 1.29 is 19.2 Å². The van der Waals surface area contributed by atoms with Gasteiger partial charge in [-0.05, 0) is 26.8 Å². The molecule has 1 saturated heterocycles. The molecule has 1 aromatic carbocycles. The molecule has 0 radical (unpaired) electrons. The third kappa shape index (κ3) is 4.35. The SMILES string of the molecule is COc1ccc([N+](=O)[O-])cc1CNC(=O)N1C[C@@H](C)OC(C)(C)C1. The Balaban J connectivity index is 2.06. The number of nitrogens with one attached hydrogen (secondary N) is 1. The molecular weight excluding hydrogens is 314 g/mol. The van der Waals surface area contributed by atoms with Crippen molar-refractivity contribution in [3.63, 3.8) is 0 Å². The lowest BCUT2D eigenvalue weighted by Crippen LogP contribution is -2.56. The van der Waals surface area contributed by atoms with Gasteiger partial charge in [0.15, 0.2) is 0 Å². The monoisotopic (exact) mass is 337 g/mol. The van der Waals surface area contributed by atoms with Gasteiger partial charge in [0.25, 0.3) is 5.69 Å². The first kappa shape index (κ1) is 18.0. The number of hydrogen-bond acceptors (Lipinski definition) is 5. The molecule has 24 heavy (non-hydrogen) atoms. The molecule has 1 fully saturated rings. The number of amides is 2. The Morgan fingerprint density at radius 3 is 2.83 bits per heavy atom. The van der Waals surface area contributed by atoms with Crippen LogP contribution in [0.3, 0.4) is 0 Å². The summed E-state index contributed by atoms with van der Waals surface area (Å²) in [5.41, 5.74) is 0.111. The molecule has 0 saturated carbocycles. The van der Waals surface area contributed by atoms with Crippen molar-refractivity contribution in [1.82, 2.24) is 10.2 Å². The molecule has 1 aliphatic rings. The molecular formula is C16H23N3O5. The smallest absolute Gasteiger partial charge is 0.317 e. The Morgan fingerprint density at radius 1 is 1.54 bits per heavy atom. The van der Waals surface area contributed by atoms with Gasteiger partial charge in [-0.15, -0.1) is 0 Å². The molecule has 1 aliphatic heterocycles. The van der Waals surface area contributed by atoms with Gasteiger partial charge in [-0.2, -0.15) is 0 Å². The summed E-state index contributed by atoms with van der Waals surface area (Å²) >= 11 is 0. The summed E-state index contributed by atoms with van der Waals surface area (Å²) in [4.78, 5) is 24.5. The van der Waals surface area contributed by atoms with Gasteiger partial charge in [0.2, 0.25) is 0 Å². The average Bonchev–Trinajstić information content (AvgIpc) is 2.50. The summed E-state index contributed by atoms with van der Waals surface area (Å²) in [5.74, 6) is 0.497. The highest BCUT2D eigenvalue weighted by molar-refractivity contribution is 5.74. The molecule has 0 spiro atoms. The fourth-order valence-corrected chi connectivity index (χ4v) is 2.91. The van der Waals surface area contributed by atoms with Gasteiger partial charge in [0.05, 0.1) is 30.3 Å². The largest absolute Gasteiger partial charge is 0.496 e. The molecule has 0 unspecified atom stereocenters. The molecule has 8 heteroatoms. The lowest BCUT2D eigenvalue weighted by molar-refractivity contribution is -0.384. The van der Waals surface area contributed by atoms with Crippen LogP contribution in [0.5, 0.6) is 5.75 Å². The van der Waals surface area contributed by atoms with Crippen LogP contribution in [0.15, 0.2) is 18.2 Å². The van der Waals surface area contributed by atoms with Crippen molar-refractivity contribution in [2.24, 2.45) is 0 Å². The summed E-state index contributed by atoms with van der Waals surface area (Å²) < 4.78 is 11.0. The minimum atomic E-state index is -0.475. The molecule has 1 heterocycles. The number of methoxy groups -OCH3 is 1. The fraction of sp³-hybridized carbons (Fsp3) is 0.562. The lowest BCUT2D eigenvalue weighted by atomic mass is 10.1. The van der Waals surface area contributed by atoms with Gasteiger partial charge in [0.1, 0.15) is 5.75 Å². The second-order valence-corrected chi connectivity index (χ2v) is 6.48. The van der Waals surface area contributed by atoms with E-state index in [1.165, 1.54) is 25.3 Å². The van der Waals surface area contributed by atoms with Crippen LogP contribution in [-0.2, 0) is 11.3 Å². The number of morpholine rings is 1. The molecule has 2 amide bonds. The zero-order valence-electron chi connectivity index (χ0n) is 14.4. The number of benzene rings is 1. The van der Waals surface area contributed by atoms with Gasteiger partial charge in [-0.25, -0.2) is 4.79 Å². The number of nitro benzene ring substituents is 1. The van der Waals surface area contributed by atoms with Crippen LogP contribution in [-0.4, -0.2) is 47.8 Å². The van der Waals surface area contributed by atoms with E-state index in [0.29, 0.717) is 24.4 Å². The van der Waals surface area contributed by atoms with E-state index < -0.39 is 10.5 Å². The number of carbonyl (C=O) groups is 1. The maximum atomic E-state index is 12.4. The molecule has 0 bridgehead atoms. The average molecular weight is 337 g/mol. The Hall–Kier alpha value is -2.35. The number of nitro groups is 1. The quantitative estimate of drug-likeness (QED) is 0.672. The summed E-state index contributed by atoms with van der Waals surface area (Å²) in [6.45, 7) is 6.93. The van der Waals surface area contributed by atoms with Crippen molar-refractivity contribution in [3.8, 4) is 5.75 Å². The Morgan fingerprint density at radius 2 is 2.25 bits per heavy atom. The zero-order valence-corrected chi connectivity index (χ0v) is 14.4. The van der Waals surface area contributed by atoms with Gasteiger partial charge in [0, 0.05) is 30.8 Å². The maximum Gasteiger partial charge on any atom is 0.317 e. The summed E-state index contributed by atoms with van der Waals surface area (Å²) in [5, 5.41) is 13.7.